The van der Waals surface area contributed by atoms with Gasteiger partial charge in [-0.2, -0.15) is 13.8 Å². The Kier molecular flexibility index (Phi) is 9.96. The number of nitrogens with zero attached hydrogens (tertiary/aromatic N) is 3. The summed E-state index contributed by atoms with van der Waals surface area (Å²) >= 11 is 3.17. The number of carbonyl (C=O) groups is 1. The number of ether oxygens (including phenoxy) is 1. The van der Waals surface area contributed by atoms with E-state index >= 15 is 0 Å². The zero-order chi connectivity index (χ0) is 27.2. The second kappa shape index (κ2) is 12.6. The second-order valence-corrected chi connectivity index (χ2v) is 11.0. The molecule has 12 heteroatoms. The van der Waals surface area contributed by atoms with E-state index in [9.17, 15) is 22.4 Å². The van der Waals surface area contributed by atoms with Crippen LogP contribution in [0.25, 0.3) is 0 Å². The molecule has 0 radical (unpaired) electrons. The molecule has 0 unspecified atom stereocenters. The highest BCUT2D eigenvalue weighted by molar-refractivity contribution is 9.10. The van der Waals surface area contributed by atoms with Crippen LogP contribution >= 0.6 is 15.9 Å². The highest BCUT2D eigenvalue weighted by Crippen LogP contribution is 2.33. The average molecular weight is 593 g/mol. The molecule has 0 saturated heterocycles. The molecule has 2 amide bonds. The first-order valence-electron chi connectivity index (χ1n) is 12.4. The highest BCUT2D eigenvalue weighted by atomic mass is 79.9. The maximum atomic E-state index is 13.9. The van der Waals surface area contributed by atoms with E-state index in [-0.39, 0.29) is 22.4 Å². The van der Waals surface area contributed by atoms with Gasteiger partial charge in [-0.05, 0) is 93.4 Å². The van der Waals surface area contributed by atoms with Crippen LogP contribution in [0.15, 0.2) is 27.2 Å². The van der Waals surface area contributed by atoms with Crippen molar-refractivity contribution in [3.05, 3.63) is 40.2 Å². The minimum atomic E-state index is -2.83. The molecule has 1 aliphatic carbocycles. The van der Waals surface area contributed by atoms with E-state index < -0.39 is 23.7 Å². The molecule has 1 aliphatic rings. The summed E-state index contributed by atoms with van der Waals surface area (Å²) in [4.78, 5) is 18.8. The summed E-state index contributed by atoms with van der Waals surface area (Å²) in [5.74, 6) is -0.0698. The Balaban J connectivity index is 1.56. The molecule has 0 aliphatic heterocycles. The molecular formula is C25H33BrF4N4O3. The molecule has 1 aromatic heterocycles. The third-order valence-electron chi connectivity index (χ3n) is 6.46. The number of urea groups is 1. The predicted octanol–water partition coefficient (Wildman–Crippen LogP) is 7.05. The first-order valence-corrected chi connectivity index (χ1v) is 13.2. The second-order valence-electron chi connectivity index (χ2n) is 10.1. The van der Waals surface area contributed by atoms with Crippen molar-refractivity contribution < 1.29 is 31.6 Å². The number of aryl methyl sites for hydroxylation is 1. The van der Waals surface area contributed by atoms with Gasteiger partial charge in [0.2, 0.25) is 0 Å². The summed E-state index contributed by atoms with van der Waals surface area (Å²) in [7, 11) is 0. The molecule has 1 N–H and O–H groups in total. The number of aromatic nitrogens is 2. The lowest BCUT2D eigenvalue weighted by Crippen LogP contribution is -2.49. The zero-order valence-electron chi connectivity index (χ0n) is 21.2. The van der Waals surface area contributed by atoms with Crippen molar-refractivity contribution in [3.63, 3.8) is 0 Å². The van der Waals surface area contributed by atoms with E-state index in [0.717, 1.165) is 6.42 Å². The molecule has 206 valence electrons. The van der Waals surface area contributed by atoms with Gasteiger partial charge >= 0.3 is 12.6 Å². The van der Waals surface area contributed by atoms with E-state index in [2.05, 4.69) is 31.4 Å². The van der Waals surface area contributed by atoms with Gasteiger partial charge in [0.05, 0.1) is 10.1 Å². The van der Waals surface area contributed by atoms with Crippen LogP contribution in [0.2, 0.25) is 0 Å². The van der Waals surface area contributed by atoms with Gasteiger partial charge in [0.1, 0.15) is 5.82 Å². The number of unbranched alkanes of at least 4 members (excludes halogenated alkanes) is 2. The highest BCUT2D eigenvalue weighted by Gasteiger charge is 2.35. The lowest BCUT2D eigenvalue weighted by molar-refractivity contribution is -0.212. The van der Waals surface area contributed by atoms with E-state index in [1.54, 1.807) is 17.9 Å². The number of rotatable bonds is 11. The molecule has 2 aromatic rings. The third-order valence-corrected chi connectivity index (χ3v) is 7.07. The largest absolute Gasteiger partial charge is 0.345 e. The molecular weight excluding hydrogens is 560 g/mol. The van der Waals surface area contributed by atoms with Crippen molar-refractivity contribution >= 4 is 27.6 Å². The van der Waals surface area contributed by atoms with Gasteiger partial charge in [-0.15, -0.1) is 0 Å². The fourth-order valence-electron chi connectivity index (χ4n) is 4.29. The Morgan fingerprint density at radius 1 is 1.30 bits per heavy atom. The normalized spacial score (nSPS) is 20.3. The first kappa shape index (κ1) is 29.3. The summed E-state index contributed by atoms with van der Waals surface area (Å²) in [5, 5.41) is 6.80. The molecule has 1 aromatic carbocycles. The quantitative estimate of drug-likeness (QED) is 0.223. The Labute approximate surface area is 222 Å². The van der Waals surface area contributed by atoms with Gasteiger partial charge < -0.3 is 14.6 Å². The number of benzene rings is 1. The van der Waals surface area contributed by atoms with Crippen LogP contribution in [0.5, 0.6) is 0 Å². The third kappa shape index (κ3) is 8.66. The van der Waals surface area contributed by atoms with Gasteiger partial charge in [0, 0.05) is 24.7 Å². The van der Waals surface area contributed by atoms with Crippen molar-refractivity contribution in [2.45, 2.75) is 96.1 Å². The molecule has 0 spiro atoms. The molecule has 0 atom stereocenters. The minimum absolute atomic E-state index is 0.0592. The SMILES string of the molecule is CC(C)(F)c1nc(CCCCCN(C(=O)N[C@H]2CC[C@](C)(OC(F)F)CC2)c2ccc(F)c(Br)c2)no1. The maximum absolute atomic E-state index is 13.9. The first-order chi connectivity index (χ1) is 17.4. The van der Waals surface area contributed by atoms with Crippen molar-refractivity contribution in [1.29, 1.82) is 0 Å². The predicted molar refractivity (Wildman–Crippen MR) is 134 cm³/mol. The number of hydrogen-bond acceptors (Lipinski definition) is 5. The summed E-state index contributed by atoms with van der Waals surface area (Å²) < 4.78 is 63.1. The van der Waals surface area contributed by atoms with Crippen LogP contribution in [0, 0.1) is 5.82 Å². The van der Waals surface area contributed by atoms with Gasteiger partial charge in [0.25, 0.3) is 5.89 Å². The monoisotopic (exact) mass is 592 g/mol. The van der Waals surface area contributed by atoms with Gasteiger partial charge in [-0.25, -0.2) is 13.6 Å². The number of halogens is 5. The van der Waals surface area contributed by atoms with Crippen LogP contribution in [0.3, 0.4) is 0 Å². The van der Waals surface area contributed by atoms with Crippen molar-refractivity contribution in [3.8, 4) is 0 Å². The molecule has 1 saturated carbocycles. The summed E-state index contributed by atoms with van der Waals surface area (Å²) in [5.41, 5.74) is -2.08. The standard InChI is InChI=1S/C25H33BrF4N4O3/c1-24(2,30)21-32-20(33-37-21)7-5-4-6-14-34(17-8-9-19(27)18(26)15-17)23(35)31-16-10-12-25(3,13-11-16)36-22(28)29/h8-9,15-16,22H,4-7,10-14H2,1-3H3,(H,31,35)/t16-,25-. The average Bonchev–Trinajstić information content (AvgIpc) is 3.29. The zero-order valence-corrected chi connectivity index (χ0v) is 22.8. The Morgan fingerprint density at radius 3 is 2.59 bits per heavy atom. The van der Waals surface area contributed by atoms with Crippen molar-refractivity contribution in [2.75, 3.05) is 11.4 Å². The van der Waals surface area contributed by atoms with Crippen LogP contribution < -0.4 is 10.2 Å². The lowest BCUT2D eigenvalue weighted by atomic mass is 9.83. The van der Waals surface area contributed by atoms with E-state index in [1.807, 2.05) is 0 Å². The summed E-state index contributed by atoms with van der Waals surface area (Å²) in [6.45, 7) is 1.90. The Hall–Kier alpha value is -2.21. The Bertz CT molecular complexity index is 1040. The van der Waals surface area contributed by atoms with Crippen LogP contribution in [-0.2, 0) is 16.8 Å². The number of carbonyl (C=O) groups excluding carboxylic acids is 1. The fraction of sp³-hybridized carbons (Fsp3) is 0.640. The summed E-state index contributed by atoms with van der Waals surface area (Å²) in [6, 6.07) is 3.85. The smallest absolute Gasteiger partial charge is 0.336 e. The molecule has 1 fully saturated rings. The summed E-state index contributed by atoms with van der Waals surface area (Å²) in [6.07, 6.45) is 4.43. The van der Waals surface area contributed by atoms with Crippen LogP contribution in [0.4, 0.5) is 28.0 Å². The van der Waals surface area contributed by atoms with Crippen molar-refractivity contribution in [1.82, 2.24) is 15.5 Å². The lowest BCUT2D eigenvalue weighted by Gasteiger charge is -2.37. The topological polar surface area (TPSA) is 80.5 Å². The molecule has 0 bridgehead atoms. The van der Waals surface area contributed by atoms with Crippen molar-refractivity contribution in [2.24, 2.45) is 0 Å². The van der Waals surface area contributed by atoms with E-state index in [1.165, 1.54) is 26.0 Å². The van der Waals surface area contributed by atoms with E-state index in [0.29, 0.717) is 63.0 Å². The van der Waals surface area contributed by atoms with Gasteiger partial charge in [-0.3, -0.25) is 4.90 Å². The van der Waals surface area contributed by atoms with Crippen LogP contribution in [0.1, 0.15) is 77.4 Å². The van der Waals surface area contributed by atoms with E-state index in [4.69, 9.17) is 9.26 Å². The fourth-order valence-corrected chi connectivity index (χ4v) is 4.65. The number of nitrogens with one attached hydrogen (secondary N) is 1. The minimum Gasteiger partial charge on any atom is -0.336 e. The molecule has 1 heterocycles. The molecule has 7 nitrogen and oxygen atoms in total. The Morgan fingerprint density at radius 2 is 2.00 bits per heavy atom. The van der Waals surface area contributed by atoms with Gasteiger partial charge in [0.15, 0.2) is 11.5 Å². The molecule has 37 heavy (non-hydrogen) atoms. The number of hydrogen-bond donors (Lipinski definition) is 1. The number of alkyl halides is 3. The van der Waals surface area contributed by atoms with Crippen LogP contribution in [-0.4, -0.2) is 41.0 Å². The number of anilines is 1. The molecule has 3 rings (SSSR count). The number of amides is 2. The van der Waals surface area contributed by atoms with Gasteiger partial charge in [-0.1, -0.05) is 11.6 Å². The maximum Gasteiger partial charge on any atom is 0.345 e.